The van der Waals surface area contributed by atoms with Crippen LogP contribution >= 0.6 is 0 Å². The summed E-state index contributed by atoms with van der Waals surface area (Å²) >= 11 is 0. The number of anilines is 1. The molecule has 0 aliphatic heterocycles. The van der Waals surface area contributed by atoms with Crippen molar-refractivity contribution in [2.75, 3.05) is 11.9 Å². The number of nitrogens with zero attached hydrogens (tertiary/aromatic N) is 2. The van der Waals surface area contributed by atoms with E-state index in [1.54, 1.807) is 0 Å². The molecule has 160 valence electrons. The molecule has 2 N–H and O–H groups in total. The van der Waals surface area contributed by atoms with E-state index in [4.69, 9.17) is 4.74 Å². The topological polar surface area (TPSA) is 119 Å². The third-order valence-corrected chi connectivity index (χ3v) is 4.33. The summed E-state index contributed by atoms with van der Waals surface area (Å²) in [6.45, 7) is 7.11. The van der Waals surface area contributed by atoms with Gasteiger partial charge in [0.2, 0.25) is 5.91 Å². The SMILES string of the molecule is CCCn1nc(C(=O)OC(C)C(=O)NCC(=O)Nc2c(C)cccc2C)ccc1=O. The summed E-state index contributed by atoms with van der Waals surface area (Å²) in [6.07, 6.45) is -0.465. The Morgan fingerprint density at radius 2 is 1.80 bits per heavy atom. The summed E-state index contributed by atoms with van der Waals surface area (Å²) in [7, 11) is 0. The summed E-state index contributed by atoms with van der Waals surface area (Å²) < 4.78 is 6.27. The molecule has 0 saturated carbocycles. The summed E-state index contributed by atoms with van der Waals surface area (Å²) in [4.78, 5) is 48.2. The molecule has 1 aromatic heterocycles. The zero-order valence-corrected chi connectivity index (χ0v) is 17.5. The largest absolute Gasteiger partial charge is 0.448 e. The Kier molecular flexibility index (Phi) is 7.85. The molecule has 0 fully saturated rings. The number of nitrogens with one attached hydrogen (secondary N) is 2. The van der Waals surface area contributed by atoms with Crippen molar-refractivity contribution in [3.8, 4) is 0 Å². The van der Waals surface area contributed by atoms with E-state index < -0.39 is 23.9 Å². The number of hydrogen-bond acceptors (Lipinski definition) is 6. The molecule has 2 amide bonds. The second-order valence-electron chi connectivity index (χ2n) is 6.86. The fourth-order valence-electron chi connectivity index (χ4n) is 2.71. The van der Waals surface area contributed by atoms with Gasteiger partial charge in [0.25, 0.3) is 11.5 Å². The number of aryl methyl sites for hydroxylation is 3. The average Bonchev–Trinajstić information content (AvgIpc) is 2.70. The number of ether oxygens (including phenoxy) is 1. The Morgan fingerprint density at radius 1 is 1.13 bits per heavy atom. The number of carbonyl (C=O) groups is 3. The molecule has 0 radical (unpaired) electrons. The Hall–Kier alpha value is -3.49. The Bertz CT molecular complexity index is 979. The highest BCUT2D eigenvalue weighted by Gasteiger charge is 2.21. The van der Waals surface area contributed by atoms with E-state index in [-0.39, 0.29) is 17.8 Å². The Labute approximate surface area is 174 Å². The molecule has 0 bridgehead atoms. The van der Waals surface area contributed by atoms with Gasteiger partial charge in [0, 0.05) is 18.3 Å². The standard InChI is InChI=1S/C21H26N4O5/c1-5-11-25-18(27)10-9-16(24-25)21(29)30-15(4)20(28)22-12-17(26)23-19-13(2)7-6-8-14(19)3/h6-10,15H,5,11-12H2,1-4H3,(H,22,28)(H,23,26). The van der Waals surface area contributed by atoms with Crippen molar-refractivity contribution in [1.82, 2.24) is 15.1 Å². The zero-order chi connectivity index (χ0) is 22.3. The molecule has 0 aliphatic carbocycles. The van der Waals surface area contributed by atoms with Gasteiger partial charge < -0.3 is 15.4 Å². The lowest BCUT2D eigenvalue weighted by Crippen LogP contribution is -2.40. The molecule has 2 aromatic rings. The first kappa shape index (κ1) is 22.8. The minimum absolute atomic E-state index is 0.0736. The van der Waals surface area contributed by atoms with Crippen molar-refractivity contribution in [1.29, 1.82) is 0 Å². The third-order valence-electron chi connectivity index (χ3n) is 4.33. The number of amides is 2. The summed E-state index contributed by atoms with van der Waals surface area (Å²) in [5.74, 6) is -1.85. The van der Waals surface area contributed by atoms with Gasteiger partial charge in [0.05, 0.1) is 6.54 Å². The van der Waals surface area contributed by atoms with Crippen LogP contribution in [-0.2, 0) is 20.9 Å². The number of benzene rings is 1. The van der Waals surface area contributed by atoms with E-state index in [1.165, 1.54) is 23.7 Å². The van der Waals surface area contributed by atoms with Crippen LogP contribution in [0.15, 0.2) is 35.1 Å². The van der Waals surface area contributed by atoms with Crippen LogP contribution in [0.3, 0.4) is 0 Å². The van der Waals surface area contributed by atoms with Crippen LogP contribution in [0, 0.1) is 13.8 Å². The highest BCUT2D eigenvalue weighted by atomic mass is 16.5. The highest BCUT2D eigenvalue weighted by molar-refractivity contribution is 5.96. The average molecular weight is 414 g/mol. The van der Waals surface area contributed by atoms with E-state index in [1.807, 2.05) is 39.0 Å². The summed E-state index contributed by atoms with van der Waals surface area (Å²) in [5, 5.41) is 9.14. The van der Waals surface area contributed by atoms with Crippen LogP contribution < -0.4 is 16.2 Å². The number of aromatic nitrogens is 2. The van der Waals surface area contributed by atoms with E-state index in [2.05, 4.69) is 15.7 Å². The predicted molar refractivity (Wildman–Crippen MR) is 111 cm³/mol. The minimum atomic E-state index is -1.14. The molecule has 30 heavy (non-hydrogen) atoms. The van der Waals surface area contributed by atoms with Gasteiger partial charge in [0.15, 0.2) is 11.8 Å². The van der Waals surface area contributed by atoms with Crippen molar-refractivity contribution in [3.05, 3.63) is 57.5 Å². The first-order valence-electron chi connectivity index (χ1n) is 9.65. The summed E-state index contributed by atoms with van der Waals surface area (Å²) in [6, 6.07) is 8.11. The van der Waals surface area contributed by atoms with Gasteiger partial charge in [0.1, 0.15) is 0 Å². The molecule has 0 saturated heterocycles. The van der Waals surface area contributed by atoms with Gasteiger partial charge >= 0.3 is 5.97 Å². The molecule has 1 atom stereocenters. The number of hydrogen-bond donors (Lipinski definition) is 2. The Balaban J connectivity index is 1.90. The van der Waals surface area contributed by atoms with Crippen LogP contribution in [0.2, 0.25) is 0 Å². The van der Waals surface area contributed by atoms with Crippen LogP contribution in [0.25, 0.3) is 0 Å². The number of esters is 1. The molecule has 2 rings (SSSR count). The van der Waals surface area contributed by atoms with Gasteiger partial charge in [-0.1, -0.05) is 25.1 Å². The van der Waals surface area contributed by atoms with Gasteiger partial charge in [-0.3, -0.25) is 14.4 Å². The molecule has 1 heterocycles. The second kappa shape index (κ2) is 10.3. The fraction of sp³-hybridized carbons (Fsp3) is 0.381. The normalized spacial score (nSPS) is 11.5. The summed E-state index contributed by atoms with van der Waals surface area (Å²) in [5.41, 5.74) is 2.12. The molecule has 0 spiro atoms. The molecule has 9 nitrogen and oxygen atoms in total. The monoisotopic (exact) mass is 414 g/mol. The first-order valence-corrected chi connectivity index (χ1v) is 9.65. The number of para-hydroxylation sites is 1. The molecule has 9 heteroatoms. The van der Waals surface area contributed by atoms with Crippen molar-refractivity contribution < 1.29 is 19.1 Å². The maximum absolute atomic E-state index is 12.2. The lowest BCUT2D eigenvalue weighted by Gasteiger charge is -2.15. The van der Waals surface area contributed by atoms with E-state index >= 15 is 0 Å². The van der Waals surface area contributed by atoms with Gasteiger partial charge in [-0.25, -0.2) is 9.48 Å². The highest BCUT2D eigenvalue weighted by Crippen LogP contribution is 2.18. The van der Waals surface area contributed by atoms with E-state index in [0.29, 0.717) is 18.7 Å². The number of carbonyl (C=O) groups excluding carboxylic acids is 3. The molecule has 1 unspecified atom stereocenters. The Morgan fingerprint density at radius 3 is 2.43 bits per heavy atom. The van der Waals surface area contributed by atoms with Gasteiger partial charge in [-0.2, -0.15) is 5.10 Å². The smallest absolute Gasteiger partial charge is 0.359 e. The maximum Gasteiger partial charge on any atom is 0.359 e. The lowest BCUT2D eigenvalue weighted by molar-refractivity contribution is -0.130. The predicted octanol–water partition coefficient (Wildman–Crippen LogP) is 1.57. The van der Waals surface area contributed by atoms with Crippen LogP contribution in [0.4, 0.5) is 5.69 Å². The van der Waals surface area contributed by atoms with Crippen molar-refractivity contribution >= 4 is 23.5 Å². The molecule has 1 aromatic carbocycles. The van der Waals surface area contributed by atoms with Crippen LogP contribution in [0.5, 0.6) is 0 Å². The minimum Gasteiger partial charge on any atom is -0.448 e. The second-order valence-corrected chi connectivity index (χ2v) is 6.86. The third kappa shape index (κ3) is 6.00. The van der Waals surface area contributed by atoms with E-state index in [0.717, 1.165) is 11.1 Å². The van der Waals surface area contributed by atoms with Gasteiger partial charge in [-0.05, 0) is 44.4 Å². The van der Waals surface area contributed by atoms with E-state index in [9.17, 15) is 19.2 Å². The molecular weight excluding hydrogens is 388 g/mol. The first-order chi connectivity index (χ1) is 14.2. The van der Waals surface area contributed by atoms with Gasteiger partial charge in [-0.15, -0.1) is 0 Å². The fourth-order valence-corrected chi connectivity index (χ4v) is 2.71. The molecular formula is C21H26N4O5. The van der Waals surface area contributed by atoms with Crippen molar-refractivity contribution in [3.63, 3.8) is 0 Å². The van der Waals surface area contributed by atoms with Crippen molar-refractivity contribution in [2.45, 2.75) is 46.8 Å². The van der Waals surface area contributed by atoms with Crippen LogP contribution in [0.1, 0.15) is 41.9 Å². The zero-order valence-electron chi connectivity index (χ0n) is 17.5. The van der Waals surface area contributed by atoms with Crippen molar-refractivity contribution in [2.24, 2.45) is 0 Å². The van der Waals surface area contributed by atoms with Crippen LogP contribution in [-0.4, -0.2) is 40.2 Å². The maximum atomic E-state index is 12.2. The lowest BCUT2D eigenvalue weighted by atomic mass is 10.1. The quantitative estimate of drug-likeness (QED) is 0.633. The number of rotatable bonds is 8. The molecule has 0 aliphatic rings.